The van der Waals surface area contributed by atoms with Gasteiger partial charge in [-0.15, -0.1) is 11.8 Å². The van der Waals surface area contributed by atoms with Crippen molar-refractivity contribution in [2.75, 3.05) is 12.4 Å². The molecular formula is C10H13N3O5S. The normalized spacial score (nSPS) is 24.7. The fourth-order valence-corrected chi connectivity index (χ4v) is 3.28. The first kappa shape index (κ1) is 13.8. The summed E-state index contributed by atoms with van der Waals surface area (Å²) in [6.45, 7) is 1.06. The summed E-state index contributed by atoms with van der Waals surface area (Å²) in [5.74, 6) is -2.15. The number of carbonyl (C=O) groups is 3. The zero-order chi connectivity index (χ0) is 14.4. The molecule has 2 aliphatic heterocycles. The summed E-state index contributed by atoms with van der Waals surface area (Å²) in [5.41, 5.74) is 9.85. The Labute approximate surface area is 112 Å². The van der Waals surface area contributed by atoms with Crippen molar-refractivity contribution < 1.29 is 24.2 Å². The Morgan fingerprint density at radius 2 is 2.21 bits per heavy atom. The summed E-state index contributed by atoms with van der Waals surface area (Å²) in [4.78, 5) is 34.9. The number of fused-ring (bicyclic) bond motifs is 1. The lowest BCUT2D eigenvalue weighted by Gasteiger charge is -2.53. The molecule has 1 fully saturated rings. The maximum absolute atomic E-state index is 11.8. The van der Waals surface area contributed by atoms with Crippen LogP contribution in [0.2, 0.25) is 0 Å². The topological polar surface area (TPSA) is 136 Å². The third-order valence-electron chi connectivity index (χ3n) is 2.88. The second-order valence-corrected chi connectivity index (χ2v) is 5.38. The lowest BCUT2D eigenvalue weighted by Crippen LogP contribution is -2.82. The van der Waals surface area contributed by atoms with E-state index in [9.17, 15) is 19.5 Å². The van der Waals surface area contributed by atoms with Crippen molar-refractivity contribution in [2.24, 2.45) is 11.5 Å². The van der Waals surface area contributed by atoms with Crippen molar-refractivity contribution >= 4 is 29.6 Å². The molecule has 0 saturated carbocycles. The number of ether oxygens (including phenoxy) is 1. The van der Waals surface area contributed by atoms with Gasteiger partial charge < -0.3 is 21.3 Å². The first-order valence-corrected chi connectivity index (χ1v) is 6.43. The number of carboxylic acids is 1. The van der Waals surface area contributed by atoms with Crippen molar-refractivity contribution in [3.05, 3.63) is 11.3 Å². The first-order chi connectivity index (χ1) is 8.76. The van der Waals surface area contributed by atoms with Crippen molar-refractivity contribution in [1.82, 2.24) is 4.90 Å². The molecule has 0 aliphatic carbocycles. The van der Waals surface area contributed by atoms with Gasteiger partial charge in [0.25, 0.3) is 5.91 Å². The maximum atomic E-state index is 11.8. The fraction of sp³-hybridized carbons (Fsp3) is 0.500. The number of amides is 1. The minimum absolute atomic E-state index is 0.164. The van der Waals surface area contributed by atoms with Gasteiger partial charge in [-0.25, -0.2) is 4.79 Å². The largest absolute Gasteiger partial charge is 0.477 e. The van der Waals surface area contributed by atoms with E-state index >= 15 is 0 Å². The molecule has 104 valence electrons. The van der Waals surface area contributed by atoms with Gasteiger partial charge in [0.2, 0.25) is 0 Å². The Bertz CT molecular complexity index is 501. The van der Waals surface area contributed by atoms with Crippen LogP contribution in [0.3, 0.4) is 0 Å². The van der Waals surface area contributed by atoms with Crippen LogP contribution in [0.1, 0.15) is 6.92 Å². The second-order valence-electron chi connectivity index (χ2n) is 4.31. The van der Waals surface area contributed by atoms with Gasteiger partial charge >= 0.3 is 11.9 Å². The number of hydrogen-bond donors (Lipinski definition) is 3. The van der Waals surface area contributed by atoms with Gasteiger partial charge in [-0.2, -0.15) is 0 Å². The van der Waals surface area contributed by atoms with Gasteiger partial charge in [-0.1, -0.05) is 0 Å². The lowest BCUT2D eigenvalue weighted by atomic mass is 9.97. The average molecular weight is 287 g/mol. The van der Waals surface area contributed by atoms with Crippen LogP contribution >= 0.6 is 11.8 Å². The first-order valence-electron chi connectivity index (χ1n) is 5.38. The Kier molecular flexibility index (Phi) is 3.29. The van der Waals surface area contributed by atoms with Crippen molar-refractivity contribution in [3.8, 4) is 0 Å². The quantitative estimate of drug-likeness (QED) is 0.321. The Morgan fingerprint density at radius 1 is 1.58 bits per heavy atom. The van der Waals surface area contributed by atoms with Crippen molar-refractivity contribution in [1.29, 1.82) is 0 Å². The highest BCUT2D eigenvalue weighted by atomic mass is 32.2. The number of carbonyl (C=O) groups excluding carboxylic acids is 2. The minimum atomic E-state index is -1.54. The van der Waals surface area contributed by atoms with Crippen molar-refractivity contribution in [2.45, 2.75) is 18.0 Å². The summed E-state index contributed by atoms with van der Waals surface area (Å²) in [5, 5.41) is 8.60. The van der Waals surface area contributed by atoms with E-state index in [-0.39, 0.29) is 12.3 Å². The number of esters is 1. The predicted octanol–water partition coefficient (Wildman–Crippen LogP) is -1.58. The molecular weight excluding hydrogens is 274 g/mol. The zero-order valence-electron chi connectivity index (χ0n) is 10.1. The lowest BCUT2D eigenvalue weighted by molar-refractivity contribution is -0.154. The Morgan fingerprint density at radius 3 is 2.74 bits per heavy atom. The number of β-lactam (4-membered cyclic amide) rings is 1. The SMILES string of the molecule is CC(=O)OCC1=C(C(=O)O)N2C(=O)C(N)(N)[C@H]2SC1. The molecule has 0 radical (unpaired) electrons. The molecule has 1 amide bonds. The summed E-state index contributed by atoms with van der Waals surface area (Å²) in [6, 6.07) is 0. The van der Waals surface area contributed by atoms with Crippen LogP contribution in [0.4, 0.5) is 0 Å². The molecule has 1 atom stereocenters. The van der Waals surface area contributed by atoms with E-state index < -0.39 is 28.9 Å². The van der Waals surface area contributed by atoms with E-state index in [2.05, 4.69) is 0 Å². The average Bonchev–Trinajstić information content (AvgIpc) is 2.34. The molecule has 2 aliphatic rings. The molecule has 2 rings (SSSR count). The van der Waals surface area contributed by atoms with E-state index in [1.54, 1.807) is 0 Å². The third kappa shape index (κ3) is 2.09. The van der Waals surface area contributed by atoms with Gasteiger partial charge in [0.15, 0.2) is 5.66 Å². The highest BCUT2D eigenvalue weighted by Crippen LogP contribution is 2.42. The molecule has 0 spiro atoms. The van der Waals surface area contributed by atoms with Crippen LogP contribution in [-0.2, 0) is 19.1 Å². The molecule has 8 nitrogen and oxygen atoms in total. The van der Waals surface area contributed by atoms with E-state index in [1.807, 2.05) is 0 Å². The van der Waals surface area contributed by atoms with E-state index in [0.717, 1.165) is 4.90 Å². The molecule has 2 heterocycles. The van der Waals surface area contributed by atoms with Gasteiger partial charge in [0.05, 0.1) is 0 Å². The second kappa shape index (κ2) is 4.51. The summed E-state index contributed by atoms with van der Waals surface area (Å²) < 4.78 is 4.78. The number of nitrogens with zero attached hydrogens (tertiary/aromatic N) is 1. The maximum Gasteiger partial charge on any atom is 0.352 e. The summed E-state index contributed by atoms with van der Waals surface area (Å²) >= 11 is 1.25. The van der Waals surface area contributed by atoms with Crippen LogP contribution in [0.25, 0.3) is 0 Å². The molecule has 0 aromatic heterocycles. The van der Waals surface area contributed by atoms with Gasteiger partial charge in [-0.05, 0) is 0 Å². The van der Waals surface area contributed by atoms with Crippen molar-refractivity contribution in [3.63, 3.8) is 0 Å². The van der Waals surface area contributed by atoms with E-state index in [1.165, 1.54) is 18.7 Å². The van der Waals surface area contributed by atoms with Crippen LogP contribution in [0.5, 0.6) is 0 Å². The molecule has 0 aromatic rings. The third-order valence-corrected chi connectivity index (χ3v) is 4.31. The number of aliphatic carboxylic acids is 1. The van der Waals surface area contributed by atoms with E-state index in [0.29, 0.717) is 11.3 Å². The monoisotopic (exact) mass is 287 g/mol. The number of thioether (sulfide) groups is 1. The predicted molar refractivity (Wildman–Crippen MR) is 65.5 cm³/mol. The molecule has 9 heteroatoms. The molecule has 0 unspecified atom stereocenters. The standard InChI is InChI=1S/C10H13N3O5S/c1-4(14)18-2-5-3-19-9-10(11,12)8(17)13(9)6(5)7(15)16/h9H,2-3,11-12H2,1H3,(H,15,16)/t9-/m1/s1. The van der Waals surface area contributed by atoms with Crippen LogP contribution < -0.4 is 11.5 Å². The van der Waals surface area contributed by atoms with Gasteiger partial charge in [-0.3, -0.25) is 14.5 Å². The van der Waals surface area contributed by atoms with Crippen LogP contribution in [-0.4, -0.2) is 51.2 Å². The number of hydrogen-bond acceptors (Lipinski definition) is 7. The minimum Gasteiger partial charge on any atom is -0.477 e. The number of carboxylic acid groups (broad SMARTS) is 1. The number of rotatable bonds is 3. The molecule has 0 bridgehead atoms. The molecule has 5 N–H and O–H groups in total. The van der Waals surface area contributed by atoms with Crippen LogP contribution in [0.15, 0.2) is 11.3 Å². The van der Waals surface area contributed by atoms with Gasteiger partial charge in [0, 0.05) is 18.2 Å². The van der Waals surface area contributed by atoms with Gasteiger partial charge in [0.1, 0.15) is 17.7 Å². The zero-order valence-corrected chi connectivity index (χ0v) is 10.9. The molecule has 19 heavy (non-hydrogen) atoms. The van der Waals surface area contributed by atoms with Crippen LogP contribution in [0, 0.1) is 0 Å². The fourth-order valence-electron chi connectivity index (χ4n) is 1.97. The van der Waals surface area contributed by atoms with E-state index in [4.69, 9.17) is 16.2 Å². The highest BCUT2D eigenvalue weighted by Gasteiger charge is 2.60. The Hall–Kier alpha value is -1.58. The summed E-state index contributed by atoms with van der Waals surface area (Å²) in [7, 11) is 0. The summed E-state index contributed by atoms with van der Waals surface area (Å²) in [6.07, 6.45) is 0. The smallest absolute Gasteiger partial charge is 0.352 e. The number of nitrogens with two attached hydrogens (primary N) is 2. The Balaban J connectivity index is 2.30. The molecule has 1 saturated heterocycles. The highest BCUT2D eigenvalue weighted by molar-refractivity contribution is 8.00. The molecule has 0 aromatic carbocycles.